The van der Waals surface area contributed by atoms with E-state index >= 15 is 0 Å². The Morgan fingerprint density at radius 3 is 2.81 bits per heavy atom. The zero-order valence-electron chi connectivity index (χ0n) is 8.29. The van der Waals surface area contributed by atoms with E-state index in [1.165, 1.54) is 0 Å². The maximum Gasteiger partial charge on any atom is 0.191 e. The zero-order valence-corrected chi connectivity index (χ0v) is 9.80. The molecule has 0 atom stereocenters. The van der Waals surface area contributed by atoms with Gasteiger partial charge in [0.05, 0.1) is 0 Å². The number of rotatable bonds is 0. The van der Waals surface area contributed by atoms with Crippen LogP contribution in [0.4, 0.5) is 0 Å². The van der Waals surface area contributed by atoms with E-state index in [-0.39, 0.29) is 0 Å². The predicted molar refractivity (Wildman–Crippen MR) is 64.1 cm³/mol. The lowest BCUT2D eigenvalue weighted by atomic mass is 10.2. The molecule has 0 N–H and O–H groups in total. The Balaban J connectivity index is 2.57. The number of aryl methyl sites for hydroxylation is 1. The van der Waals surface area contributed by atoms with Gasteiger partial charge >= 0.3 is 0 Å². The van der Waals surface area contributed by atoms with E-state index in [0.717, 1.165) is 5.39 Å². The van der Waals surface area contributed by atoms with Crippen molar-refractivity contribution >= 4 is 45.3 Å². The fraction of sp³-hybridized carbons (Fsp3) is 0.0909. The number of furan rings is 1. The summed E-state index contributed by atoms with van der Waals surface area (Å²) in [6.45, 7) is 1.79. The zero-order chi connectivity index (χ0) is 11.3. The molecule has 3 rings (SSSR count). The summed E-state index contributed by atoms with van der Waals surface area (Å²) in [6.07, 6.45) is 0. The van der Waals surface area contributed by atoms with Crippen LogP contribution in [-0.2, 0) is 0 Å². The molecule has 2 aromatic heterocycles. The van der Waals surface area contributed by atoms with E-state index in [4.69, 9.17) is 27.6 Å². The van der Waals surface area contributed by atoms with Crippen LogP contribution in [0.1, 0.15) is 5.82 Å². The first-order valence-electron chi connectivity index (χ1n) is 4.67. The van der Waals surface area contributed by atoms with Crippen molar-refractivity contribution in [3.63, 3.8) is 0 Å². The van der Waals surface area contributed by atoms with Crippen molar-refractivity contribution in [2.75, 3.05) is 0 Å². The van der Waals surface area contributed by atoms with Gasteiger partial charge in [-0.15, -0.1) is 0 Å². The fourth-order valence-corrected chi connectivity index (χ4v) is 2.11. The molecule has 0 saturated heterocycles. The van der Waals surface area contributed by atoms with E-state index in [2.05, 4.69) is 9.97 Å². The van der Waals surface area contributed by atoms with Crippen LogP contribution >= 0.6 is 23.2 Å². The van der Waals surface area contributed by atoms with Crippen LogP contribution in [0.2, 0.25) is 10.2 Å². The van der Waals surface area contributed by atoms with Crippen LogP contribution in [-0.4, -0.2) is 9.97 Å². The second kappa shape index (κ2) is 3.34. The summed E-state index contributed by atoms with van der Waals surface area (Å²) < 4.78 is 5.58. The molecule has 0 fully saturated rings. The third-order valence-electron chi connectivity index (χ3n) is 2.34. The van der Waals surface area contributed by atoms with E-state index < -0.39 is 0 Å². The average Bonchev–Trinajstić information content (AvgIpc) is 2.57. The summed E-state index contributed by atoms with van der Waals surface area (Å²) in [5, 5.41) is 1.83. The molecule has 0 bridgehead atoms. The van der Waals surface area contributed by atoms with Crippen molar-refractivity contribution in [3.8, 4) is 0 Å². The maximum absolute atomic E-state index is 6.00. The highest BCUT2D eigenvalue weighted by molar-refractivity contribution is 6.35. The highest BCUT2D eigenvalue weighted by Gasteiger charge is 2.13. The second-order valence-electron chi connectivity index (χ2n) is 3.48. The molecule has 2 heterocycles. The van der Waals surface area contributed by atoms with Gasteiger partial charge in [-0.25, -0.2) is 9.97 Å². The molecule has 0 amide bonds. The Hall–Kier alpha value is -1.32. The smallest absolute Gasteiger partial charge is 0.191 e. The van der Waals surface area contributed by atoms with Gasteiger partial charge in [-0.3, -0.25) is 0 Å². The van der Waals surface area contributed by atoms with Gasteiger partial charge in [-0.2, -0.15) is 0 Å². The van der Waals surface area contributed by atoms with Gasteiger partial charge in [-0.1, -0.05) is 23.2 Å². The van der Waals surface area contributed by atoms with E-state index in [0.29, 0.717) is 32.7 Å². The Morgan fingerprint density at radius 2 is 2.00 bits per heavy atom. The predicted octanol–water partition coefficient (Wildman–Crippen LogP) is 3.99. The molecular weight excluding hydrogens is 247 g/mol. The average molecular weight is 253 g/mol. The number of nitrogens with zero attached hydrogens (tertiary/aromatic N) is 2. The Labute approximate surface area is 101 Å². The van der Waals surface area contributed by atoms with Gasteiger partial charge in [0.15, 0.2) is 10.7 Å². The first kappa shape index (κ1) is 9.87. The molecule has 0 spiro atoms. The van der Waals surface area contributed by atoms with Crippen LogP contribution in [0.25, 0.3) is 22.1 Å². The fourth-order valence-electron chi connectivity index (χ4n) is 1.69. The normalized spacial score (nSPS) is 11.4. The summed E-state index contributed by atoms with van der Waals surface area (Å²) in [6, 6.07) is 5.37. The minimum absolute atomic E-state index is 0.329. The van der Waals surface area contributed by atoms with Gasteiger partial charge in [0.2, 0.25) is 0 Å². The summed E-state index contributed by atoms with van der Waals surface area (Å²) in [5.41, 5.74) is 1.92. The minimum atomic E-state index is 0.329. The summed E-state index contributed by atoms with van der Waals surface area (Å²) in [4.78, 5) is 8.36. The number of hydrogen-bond acceptors (Lipinski definition) is 3. The summed E-state index contributed by atoms with van der Waals surface area (Å²) in [5.74, 6) is 0.611. The molecule has 0 aliphatic heterocycles. The molecule has 0 unspecified atom stereocenters. The maximum atomic E-state index is 6.00. The number of aromatic nitrogens is 2. The van der Waals surface area contributed by atoms with Crippen LogP contribution < -0.4 is 0 Å². The van der Waals surface area contributed by atoms with Crippen molar-refractivity contribution in [1.29, 1.82) is 0 Å². The molecule has 0 saturated carbocycles. The van der Waals surface area contributed by atoms with Crippen LogP contribution in [0.5, 0.6) is 0 Å². The van der Waals surface area contributed by atoms with Gasteiger partial charge in [0.25, 0.3) is 0 Å². The second-order valence-corrected chi connectivity index (χ2v) is 4.28. The number of fused-ring (bicyclic) bond motifs is 3. The van der Waals surface area contributed by atoms with Gasteiger partial charge in [-0.05, 0) is 25.1 Å². The highest BCUT2D eigenvalue weighted by atomic mass is 35.5. The molecule has 1 aromatic carbocycles. The highest BCUT2D eigenvalue weighted by Crippen LogP contribution is 2.32. The van der Waals surface area contributed by atoms with Crippen molar-refractivity contribution in [3.05, 3.63) is 34.2 Å². The van der Waals surface area contributed by atoms with Gasteiger partial charge < -0.3 is 4.42 Å². The van der Waals surface area contributed by atoms with E-state index in [1.54, 1.807) is 19.1 Å². The quantitative estimate of drug-likeness (QED) is 0.568. The third kappa shape index (κ3) is 1.36. The monoisotopic (exact) mass is 252 g/mol. The molecule has 5 heteroatoms. The number of hydrogen-bond donors (Lipinski definition) is 0. The standard InChI is InChI=1S/C11H6Cl2N2O/c1-5-14-9-7-4-6(12)2-3-8(7)16-10(9)11(13)15-5/h2-4H,1H3. The lowest BCUT2D eigenvalue weighted by molar-refractivity contribution is 0.665. The van der Waals surface area contributed by atoms with Crippen LogP contribution in [0.15, 0.2) is 22.6 Å². The molecule has 0 aliphatic rings. The minimum Gasteiger partial charge on any atom is -0.451 e. The molecule has 3 nitrogen and oxygen atoms in total. The number of halogens is 2. The Morgan fingerprint density at radius 1 is 1.19 bits per heavy atom. The lowest BCUT2D eigenvalue weighted by Gasteiger charge is -1.93. The third-order valence-corrected chi connectivity index (χ3v) is 2.84. The largest absolute Gasteiger partial charge is 0.451 e. The lowest BCUT2D eigenvalue weighted by Crippen LogP contribution is -1.87. The van der Waals surface area contributed by atoms with Crippen LogP contribution in [0.3, 0.4) is 0 Å². The van der Waals surface area contributed by atoms with Crippen molar-refractivity contribution in [1.82, 2.24) is 9.97 Å². The van der Waals surface area contributed by atoms with Crippen molar-refractivity contribution in [2.45, 2.75) is 6.92 Å². The van der Waals surface area contributed by atoms with Gasteiger partial charge in [0.1, 0.15) is 16.9 Å². The molecule has 0 aliphatic carbocycles. The topological polar surface area (TPSA) is 38.9 Å². The summed E-state index contributed by atoms with van der Waals surface area (Å²) >= 11 is 11.9. The van der Waals surface area contributed by atoms with Crippen molar-refractivity contribution in [2.24, 2.45) is 0 Å². The molecule has 80 valence electrons. The SMILES string of the molecule is Cc1nc(Cl)c2oc3ccc(Cl)cc3c2n1. The Kier molecular flexibility index (Phi) is 2.06. The molecule has 3 aromatic rings. The first-order valence-corrected chi connectivity index (χ1v) is 5.42. The van der Waals surface area contributed by atoms with Gasteiger partial charge in [0, 0.05) is 10.4 Å². The summed E-state index contributed by atoms with van der Waals surface area (Å²) in [7, 11) is 0. The number of benzene rings is 1. The first-order chi connectivity index (χ1) is 7.65. The molecular formula is C11H6Cl2N2O. The molecule has 0 radical (unpaired) electrons. The Bertz CT molecular complexity index is 706. The van der Waals surface area contributed by atoms with E-state index in [1.807, 2.05) is 6.07 Å². The van der Waals surface area contributed by atoms with Crippen LogP contribution in [0, 0.1) is 6.92 Å². The van der Waals surface area contributed by atoms with Crippen molar-refractivity contribution < 1.29 is 4.42 Å². The van der Waals surface area contributed by atoms with E-state index in [9.17, 15) is 0 Å². The molecule has 16 heavy (non-hydrogen) atoms.